The molecule has 0 bridgehead atoms. The molecule has 1 atom stereocenters. The van der Waals surface area contributed by atoms with Crippen LogP contribution in [-0.4, -0.2) is 53.5 Å². The zero-order chi connectivity index (χ0) is 18.1. The summed E-state index contributed by atoms with van der Waals surface area (Å²) in [6.07, 6.45) is 8.66. The Morgan fingerprint density at radius 3 is 2.77 bits per heavy atom. The highest BCUT2D eigenvalue weighted by Gasteiger charge is 2.54. The Labute approximate surface area is 154 Å². The van der Waals surface area contributed by atoms with Crippen LogP contribution in [0.2, 0.25) is 0 Å². The number of rotatable bonds is 2. The van der Waals surface area contributed by atoms with Crippen LogP contribution in [-0.2, 0) is 14.3 Å². The lowest BCUT2D eigenvalue weighted by Gasteiger charge is -2.32. The minimum absolute atomic E-state index is 0.117. The minimum Gasteiger partial charge on any atom is -0.458 e. The van der Waals surface area contributed by atoms with Gasteiger partial charge in [0.25, 0.3) is 0 Å². The van der Waals surface area contributed by atoms with Gasteiger partial charge in [-0.1, -0.05) is 0 Å². The van der Waals surface area contributed by atoms with E-state index in [0.29, 0.717) is 6.54 Å². The molecule has 2 aliphatic heterocycles. The smallest absolute Gasteiger partial charge is 0.307 e. The first-order chi connectivity index (χ1) is 12.6. The highest BCUT2D eigenvalue weighted by molar-refractivity contribution is 5.88. The Morgan fingerprint density at radius 2 is 2.00 bits per heavy atom. The fraction of sp³-hybridized carbons (Fsp3) is 0.650. The van der Waals surface area contributed by atoms with Gasteiger partial charge in [0.05, 0.1) is 12.3 Å². The molecule has 1 aromatic rings. The average molecular weight is 357 g/mol. The molecule has 0 aromatic carbocycles. The molecular formula is C20H27N3O3. The van der Waals surface area contributed by atoms with Gasteiger partial charge in [0.15, 0.2) is 0 Å². The van der Waals surface area contributed by atoms with Crippen LogP contribution in [0, 0.1) is 12.8 Å². The summed E-state index contributed by atoms with van der Waals surface area (Å²) in [5.41, 5.74) is 1.84. The second kappa shape index (κ2) is 6.89. The third-order valence-corrected chi connectivity index (χ3v) is 6.21. The number of carbonyl (C=O) groups excluding carboxylic acids is 2. The molecule has 6 nitrogen and oxygen atoms in total. The number of amides is 1. The van der Waals surface area contributed by atoms with E-state index in [4.69, 9.17) is 4.74 Å². The van der Waals surface area contributed by atoms with Crippen molar-refractivity contribution in [2.24, 2.45) is 5.92 Å². The van der Waals surface area contributed by atoms with Crippen LogP contribution in [0.1, 0.15) is 44.1 Å². The molecule has 3 aliphatic rings. The van der Waals surface area contributed by atoms with E-state index in [1.165, 1.54) is 5.69 Å². The highest BCUT2D eigenvalue weighted by atomic mass is 16.6. The van der Waals surface area contributed by atoms with Crippen molar-refractivity contribution in [2.45, 2.75) is 51.0 Å². The fourth-order valence-corrected chi connectivity index (χ4v) is 4.85. The van der Waals surface area contributed by atoms with Crippen molar-refractivity contribution in [1.82, 2.24) is 9.88 Å². The fourth-order valence-electron chi connectivity index (χ4n) is 4.85. The van der Waals surface area contributed by atoms with Gasteiger partial charge in [0.1, 0.15) is 5.60 Å². The summed E-state index contributed by atoms with van der Waals surface area (Å²) in [6.45, 7) is 5.26. The van der Waals surface area contributed by atoms with Crippen molar-refractivity contribution < 1.29 is 14.3 Å². The summed E-state index contributed by atoms with van der Waals surface area (Å²) < 4.78 is 5.67. The molecule has 1 amide bonds. The van der Waals surface area contributed by atoms with E-state index in [0.717, 1.165) is 57.3 Å². The maximum atomic E-state index is 13.2. The molecule has 1 spiro atoms. The van der Waals surface area contributed by atoms with Gasteiger partial charge in [-0.05, 0) is 50.7 Å². The Balaban J connectivity index is 1.46. The number of nitrogens with zero attached hydrogens (tertiary/aromatic N) is 3. The van der Waals surface area contributed by atoms with Crippen LogP contribution in [0.15, 0.2) is 18.5 Å². The molecule has 0 N–H and O–H groups in total. The van der Waals surface area contributed by atoms with Crippen LogP contribution < -0.4 is 4.90 Å². The van der Waals surface area contributed by atoms with E-state index in [-0.39, 0.29) is 24.2 Å². The number of anilines is 1. The van der Waals surface area contributed by atoms with Crippen molar-refractivity contribution in [2.75, 3.05) is 31.1 Å². The maximum Gasteiger partial charge on any atom is 0.307 e. The van der Waals surface area contributed by atoms with E-state index in [9.17, 15) is 9.59 Å². The molecule has 3 heterocycles. The summed E-state index contributed by atoms with van der Waals surface area (Å²) in [6, 6.07) is 2.05. The minimum atomic E-state index is -0.512. The molecule has 1 aromatic heterocycles. The number of hydrogen-bond acceptors (Lipinski definition) is 5. The predicted octanol–water partition coefficient (Wildman–Crippen LogP) is 2.30. The number of carbonyl (C=O) groups is 2. The first kappa shape index (κ1) is 17.3. The van der Waals surface area contributed by atoms with E-state index >= 15 is 0 Å². The van der Waals surface area contributed by atoms with Crippen LogP contribution in [0.5, 0.6) is 0 Å². The van der Waals surface area contributed by atoms with Crippen LogP contribution in [0.4, 0.5) is 5.69 Å². The number of aryl methyl sites for hydroxylation is 1. The van der Waals surface area contributed by atoms with E-state index in [1.807, 2.05) is 23.4 Å². The Morgan fingerprint density at radius 1 is 1.19 bits per heavy atom. The lowest BCUT2D eigenvalue weighted by atomic mass is 9.84. The molecule has 0 unspecified atom stereocenters. The highest BCUT2D eigenvalue weighted by Crippen LogP contribution is 2.46. The number of esters is 1. The first-order valence-corrected chi connectivity index (χ1v) is 9.75. The lowest BCUT2D eigenvalue weighted by molar-refractivity contribution is -0.151. The normalized spacial score (nSPS) is 25.4. The van der Waals surface area contributed by atoms with Gasteiger partial charge in [0.2, 0.25) is 5.91 Å². The van der Waals surface area contributed by atoms with E-state index < -0.39 is 5.60 Å². The van der Waals surface area contributed by atoms with Gasteiger partial charge in [0, 0.05) is 44.3 Å². The van der Waals surface area contributed by atoms with Gasteiger partial charge in [-0.25, -0.2) is 0 Å². The third kappa shape index (κ3) is 3.06. The second-order valence-corrected chi connectivity index (χ2v) is 7.83. The molecule has 1 saturated carbocycles. The molecule has 26 heavy (non-hydrogen) atoms. The second-order valence-electron chi connectivity index (χ2n) is 7.83. The largest absolute Gasteiger partial charge is 0.458 e. The van der Waals surface area contributed by atoms with Gasteiger partial charge in [-0.15, -0.1) is 0 Å². The summed E-state index contributed by atoms with van der Waals surface area (Å²) in [5.74, 6) is -0.369. The van der Waals surface area contributed by atoms with Crippen LogP contribution in [0.3, 0.4) is 0 Å². The van der Waals surface area contributed by atoms with E-state index in [1.54, 1.807) is 0 Å². The summed E-state index contributed by atoms with van der Waals surface area (Å²) in [7, 11) is 0. The standard InChI is InChI=1S/C20H27N3O3/c1-15-14-21-8-5-17(15)22-9-4-10-23(12-11-22)19(25)16-13-18(24)26-20(16)6-2-3-7-20/h5,8,14,16H,2-4,6-7,9-13H2,1H3/t16-/m1/s1. The van der Waals surface area contributed by atoms with Crippen molar-refractivity contribution in [3.63, 3.8) is 0 Å². The maximum absolute atomic E-state index is 13.2. The van der Waals surface area contributed by atoms with Gasteiger partial charge in [-0.2, -0.15) is 0 Å². The van der Waals surface area contributed by atoms with Gasteiger partial charge >= 0.3 is 5.97 Å². The van der Waals surface area contributed by atoms with Crippen LogP contribution in [0.25, 0.3) is 0 Å². The topological polar surface area (TPSA) is 62.7 Å². The summed E-state index contributed by atoms with van der Waals surface area (Å²) in [5, 5.41) is 0. The zero-order valence-corrected chi connectivity index (χ0v) is 15.4. The third-order valence-electron chi connectivity index (χ3n) is 6.21. The van der Waals surface area contributed by atoms with Gasteiger partial charge < -0.3 is 14.5 Å². The molecule has 1 aliphatic carbocycles. The Kier molecular flexibility index (Phi) is 4.59. The first-order valence-electron chi connectivity index (χ1n) is 9.75. The molecule has 2 saturated heterocycles. The van der Waals surface area contributed by atoms with Crippen LogP contribution >= 0.6 is 0 Å². The SMILES string of the molecule is Cc1cnccc1N1CCCN(C(=O)[C@H]2CC(=O)OC23CCCC3)CC1. The summed E-state index contributed by atoms with van der Waals surface area (Å²) >= 11 is 0. The number of ether oxygens (including phenoxy) is 1. The Hall–Kier alpha value is -2.11. The monoisotopic (exact) mass is 357 g/mol. The number of aromatic nitrogens is 1. The molecule has 6 heteroatoms. The Bertz CT molecular complexity index is 699. The molecule has 140 valence electrons. The average Bonchev–Trinajstić information content (AvgIpc) is 3.13. The lowest BCUT2D eigenvalue weighted by Crippen LogP contribution is -2.46. The molecule has 0 radical (unpaired) electrons. The molecular weight excluding hydrogens is 330 g/mol. The number of pyridine rings is 1. The quantitative estimate of drug-likeness (QED) is 0.760. The van der Waals surface area contributed by atoms with Crippen molar-refractivity contribution in [1.29, 1.82) is 0 Å². The molecule has 4 rings (SSSR count). The van der Waals surface area contributed by atoms with Crippen molar-refractivity contribution >= 4 is 17.6 Å². The molecule has 3 fully saturated rings. The van der Waals surface area contributed by atoms with E-state index in [2.05, 4.69) is 16.8 Å². The number of hydrogen-bond donors (Lipinski definition) is 0. The zero-order valence-electron chi connectivity index (χ0n) is 15.4. The summed E-state index contributed by atoms with van der Waals surface area (Å²) in [4.78, 5) is 33.6. The van der Waals surface area contributed by atoms with Gasteiger partial charge in [-0.3, -0.25) is 14.6 Å². The predicted molar refractivity (Wildman–Crippen MR) is 97.8 cm³/mol. The van der Waals surface area contributed by atoms with Crippen molar-refractivity contribution in [3.8, 4) is 0 Å². The van der Waals surface area contributed by atoms with Crippen molar-refractivity contribution in [3.05, 3.63) is 24.0 Å².